The van der Waals surface area contributed by atoms with Gasteiger partial charge in [-0.2, -0.15) is 0 Å². The van der Waals surface area contributed by atoms with Crippen LogP contribution in [0.5, 0.6) is 0 Å². The van der Waals surface area contributed by atoms with Crippen molar-refractivity contribution in [2.45, 2.75) is 25.4 Å². The first-order chi connectivity index (χ1) is 6.29. The summed E-state index contributed by atoms with van der Waals surface area (Å²) in [5.74, 6) is 1.41. The molecule has 0 N–H and O–H groups in total. The standard InChI is InChI=1S/C9H11ClN2O/c1-13-5-7-4-8(10)12-9(11-7)6-2-3-6/h4,6H,2-3,5H2,1H3. The number of halogens is 1. The third-order valence-corrected chi connectivity index (χ3v) is 2.19. The molecule has 1 aliphatic carbocycles. The summed E-state index contributed by atoms with van der Waals surface area (Å²) in [5, 5.41) is 0.518. The maximum Gasteiger partial charge on any atom is 0.133 e. The van der Waals surface area contributed by atoms with Crippen molar-refractivity contribution in [3.63, 3.8) is 0 Å². The minimum absolute atomic E-state index is 0.502. The van der Waals surface area contributed by atoms with E-state index in [1.54, 1.807) is 13.2 Å². The van der Waals surface area contributed by atoms with Crippen molar-refractivity contribution >= 4 is 11.6 Å². The van der Waals surface area contributed by atoms with Gasteiger partial charge in [0.1, 0.15) is 11.0 Å². The summed E-state index contributed by atoms with van der Waals surface area (Å²) in [7, 11) is 1.65. The van der Waals surface area contributed by atoms with E-state index in [2.05, 4.69) is 9.97 Å². The van der Waals surface area contributed by atoms with Gasteiger partial charge in [-0.05, 0) is 18.9 Å². The topological polar surface area (TPSA) is 35.0 Å². The van der Waals surface area contributed by atoms with Crippen LogP contribution < -0.4 is 0 Å². The number of ether oxygens (including phenoxy) is 1. The molecule has 0 aliphatic heterocycles. The van der Waals surface area contributed by atoms with Gasteiger partial charge in [-0.3, -0.25) is 0 Å². The summed E-state index contributed by atoms with van der Waals surface area (Å²) in [6.45, 7) is 0.502. The van der Waals surface area contributed by atoms with Gasteiger partial charge in [0.15, 0.2) is 0 Å². The molecule has 0 aromatic carbocycles. The first kappa shape index (κ1) is 8.91. The van der Waals surface area contributed by atoms with Crippen molar-refractivity contribution in [1.29, 1.82) is 0 Å². The van der Waals surface area contributed by atoms with Gasteiger partial charge >= 0.3 is 0 Å². The number of methoxy groups -OCH3 is 1. The quantitative estimate of drug-likeness (QED) is 0.699. The molecule has 1 aliphatic rings. The van der Waals surface area contributed by atoms with E-state index in [1.165, 1.54) is 12.8 Å². The van der Waals surface area contributed by atoms with Crippen LogP contribution in [0.3, 0.4) is 0 Å². The number of nitrogens with zero attached hydrogens (tertiary/aromatic N) is 2. The van der Waals surface area contributed by atoms with Crippen LogP contribution in [-0.2, 0) is 11.3 Å². The predicted molar refractivity (Wildman–Crippen MR) is 49.7 cm³/mol. The van der Waals surface area contributed by atoms with Crippen LogP contribution in [-0.4, -0.2) is 17.1 Å². The average molecular weight is 199 g/mol. The SMILES string of the molecule is COCc1cc(Cl)nc(C2CC2)n1. The Labute approximate surface area is 82.1 Å². The van der Waals surface area contributed by atoms with Crippen LogP contribution >= 0.6 is 11.6 Å². The summed E-state index contributed by atoms with van der Waals surface area (Å²) in [6, 6.07) is 1.75. The van der Waals surface area contributed by atoms with Gasteiger partial charge in [0.25, 0.3) is 0 Å². The molecule has 0 amide bonds. The van der Waals surface area contributed by atoms with Gasteiger partial charge in [-0.1, -0.05) is 11.6 Å². The Morgan fingerprint density at radius 3 is 2.92 bits per heavy atom. The highest BCUT2D eigenvalue weighted by Gasteiger charge is 2.27. The van der Waals surface area contributed by atoms with Gasteiger partial charge in [0.2, 0.25) is 0 Å². The summed E-state index contributed by atoms with van der Waals surface area (Å²) in [5.41, 5.74) is 0.865. The van der Waals surface area contributed by atoms with E-state index in [0.29, 0.717) is 17.7 Å². The molecular formula is C9H11ClN2O. The fourth-order valence-electron chi connectivity index (χ4n) is 1.23. The van der Waals surface area contributed by atoms with Crippen LogP contribution in [0.4, 0.5) is 0 Å². The Kier molecular flexibility index (Phi) is 2.47. The summed E-state index contributed by atoms with van der Waals surface area (Å²) in [4.78, 5) is 8.54. The van der Waals surface area contributed by atoms with Crippen molar-refractivity contribution in [2.24, 2.45) is 0 Å². The lowest BCUT2D eigenvalue weighted by Crippen LogP contribution is -1.99. The molecule has 70 valence electrons. The van der Waals surface area contributed by atoms with Crippen molar-refractivity contribution in [1.82, 2.24) is 9.97 Å². The number of hydrogen-bond acceptors (Lipinski definition) is 3. The van der Waals surface area contributed by atoms with E-state index in [4.69, 9.17) is 16.3 Å². The van der Waals surface area contributed by atoms with E-state index in [-0.39, 0.29) is 0 Å². The first-order valence-electron chi connectivity index (χ1n) is 4.32. The van der Waals surface area contributed by atoms with Crippen molar-refractivity contribution in [3.8, 4) is 0 Å². The lowest BCUT2D eigenvalue weighted by atomic mass is 10.3. The monoisotopic (exact) mass is 198 g/mol. The Bertz CT molecular complexity index is 312. The lowest BCUT2D eigenvalue weighted by Gasteiger charge is -2.02. The third kappa shape index (κ3) is 2.17. The van der Waals surface area contributed by atoms with Crippen LogP contribution in [0.15, 0.2) is 6.07 Å². The number of hydrogen-bond donors (Lipinski definition) is 0. The molecule has 0 saturated heterocycles. The zero-order chi connectivity index (χ0) is 9.26. The Morgan fingerprint density at radius 2 is 2.31 bits per heavy atom. The molecule has 1 aromatic heterocycles. The second-order valence-electron chi connectivity index (χ2n) is 3.25. The van der Waals surface area contributed by atoms with E-state index in [1.807, 2.05) is 0 Å². The molecule has 1 fully saturated rings. The largest absolute Gasteiger partial charge is 0.378 e. The number of aromatic nitrogens is 2. The maximum absolute atomic E-state index is 5.85. The van der Waals surface area contributed by atoms with E-state index in [9.17, 15) is 0 Å². The molecule has 3 nitrogen and oxygen atoms in total. The van der Waals surface area contributed by atoms with E-state index >= 15 is 0 Å². The molecule has 1 heterocycles. The molecule has 4 heteroatoms. The van der Waals surface area contributed by atoms with Gasteiger partial charge in [0, 0.05) is 13.0 Å². The summed E-state index contributed by atoms with van der Waals surface area (Å²) in [6.07, 6.45) is 2.37. The normalized spacial score (nSPS) is 16.2. The van der Waals surface area contributed by atoms with Crippen LogP contribution in [0.2, 0.25) is 5.15 Å². The van der Waals surface area contributed by atoms with E-state index < -0.39 is 0 Å². The molecular weight excluding hydrogens is 188 g/mol. The predicted octanol–water partition coefficient (Wildman–Crippen LogP) is 2.15. The molecule has 2 rings (SSSR count). The summed E-state index contributed by atoms with van der Waals surface area (Å²) < 4.78 is 4.99. The van der Waals surface area contributed by atoms with E-state index in [0.717, 1.165) is 11.5 Å². The lowest BCUT2D eigenvalue weighted by molar-refractivity contribution is 0.181. The molecule has 0 atom stereocenters. The van der Waals surface area contributed by atoms with Crippen LogP contribution in [0, 0.1) is 0 Å². The van der Waals surface area contributed by atoms with Gasteiger partial charge in [-0.25, -0.2) is 9.97 Å². The third-order valence-electron chi connectivity index (χ3n) is 2.00. The smallest absolute Gasteiger partial charge is 0.133 e. The molecule has 0 spiro atoms. The second-order valence-corrected chi connectivity index (χ2v) is 3.63. The van der Waals surface area contributed by atoms with Crippen LogP contribution in [0.25, 0.3) is 0 Å². The number of rotatable bonds is 3. The second kappa shape index (κ2) is 3.60. The Hall–Kier alpha value is -0.670. The van der Waals surface area contributed by atoms with Gasteiger partial charge in [-0.15, -0.1) is 0 Å². The van der Waals surface area contributed by atoms with Crippen molar-refractivity contribution < 1.29 is 4.74 Å². The highest BCUT2D eigenvalue weighted by Crippen LogP contribution is 2.38. The minimum atomic E-state index is 0.502. The molecule has 0 unspecified atom stereocenters. The fourth-order valence-corrected chi connectivity index (χ4v) is 1.44. The van der Waals surface area contributed by atoms with Gasteiger partial charge < -0.3 is 4.74 Å². The highest BCUT2D eigenvalue weighted by atomic mass is 35.5. The average Bonchev–Trinajstić information content (AvgIpc) is 2.85. The Morgan fingerprint density at radius 1 is 1.54 bits per heavy atom. The minimum Gasteiger partial charge on any atom is -0.378 e. The molecule has 1 saturated carbocycles. The maximum atomic E-state index is 5.85. The fraction of sp³-hybridized carbons (Fsp3) is 0.556. The first-order valence-corrected chi connectivity index (χ1v) is 4.69. The molecule has 13 heavy (non-hydrogen) atoms. The Balaban J connectivity index is 2.25. The zero-order valence-corrected chi connectivity index (χ0v) is 8.21. The highest BCUT2D eigenvalue weighted by molar-refractivity contribution is 6.29. The molecule has 0 radical (unpaired) electrons. The van der Waals surface area contributed by atoms with Crippen molar-refractivity contribution in [3.05, 3.63) is 22.7 Å². The summed E-state index contributed by atoms with van der Waals surface area (Å²) >= 11 is 5.85. The van der Waals surface area contributed by atoms with Gasteiger partial charge in [0.05, 0.1) is 12.3 Å². The molecule has 1 aromatic rings. The molecule has 0 bridgehead atoms. The zero-order valence-electron chi connectivity index (χ0n) is 7.46. The van der Waals surface area contributed by atoms with Crippen molar-refractivity contribution in [2.75, 3.05) is 7.11 Å². The van der Waals surface area contributed by atoms with Crippen LogP contribution in [0.1, 0.15) is 30.3 Å².